The monoisotopic (exact) mass is 294 g/mol. The predicted octanol–water partition coefficient (Wildman–Crippen LogP) is 1.21. The zero-order chi connectivity index (χ0) is 14.0. The second-order valence-corrected chi connectivity index (χ2v) is 8.05. The van der Waals surface area contributed by atoms with Gasteiger partial charge < -0.3 is 5.32 Å². The van der Waals surface area contributed by atoms with Gasteiger partial charge in [0.2, 0.25) is 0 Å². The second kappa shape index (κ2) is 5.84. The number of sulfone groups is 1. The number of benzene rings is 1. The summed E-state index contributed by atoms with van der Waals surface area (Å²) < 4.78 is 23.4. The van der Waals surface area contributed by atoms with Gasteiger partial charge in [0.1, 0.15) is 0 Å². The molecule has 0 aliphatic carbocycles. The molecule has 0 saturated carbocycles. The smallest absolute Gasteiger partial charge is 0.151 e. The van der Waals surface area contributed by atoms with Gasteiger partial charge in [-0.2, -0.15) is 0 Å². The highest BCUT2D eigenvalue weighted by Crippen LogP contribution is 2.23. The average molecular weight is 294 g/mol. The molecule has 2 saturated heterocycles. The highest BCUT2D eigenvalue weighted by atomic mass is 32.2. The van der Waals surface area contributed by atoms with Gasteiger partial charge in [-0.3, -0.25) is 4.90 Å². The number of nitrogens with zero attached hydrogens (tertiary/aromatic N) is 1. The fraction of sp³-hybridized carbons (Fsp3) is 0.600. The van der Waals surface area contributed by atoms with E-state index in [9.17, 15) is 8.42 Å². The molecule has 3 rings (SSSR count). The molecule has 1 aromatic rings. The van der Waals surface area contributed by atoms with Gasteiger partial charge in [-0.05, 0) is 31.5 Å². The molecule has 2 fully saturated rings. The van der Waals surface area contributed by atoms with Crippen LogP contribution in [0.2, 0.25) is 0 Å². The molecule has 5 heteroatoms. The zero-order valence-corrected chi connectivity index (χ0v) is 12.5. The second-order valence-electron chi connectivity index (χ2n) is 5.82. The summed E-state index contributed by atoms with van der Waals surface area (Å²) in [5, 5.41) is 3.58. The van der Waals surface area contributed by atoms with Crippen molar-refractivity contribution in [1.82, 2.24) is 10.2 Å². The third-order valence-electron chi connectivity index (χ3n) is 4.36. The SMILES string of the molecule is O=S1(=O)CCC(N2CCCNC(c3ccccc3)C2)C1. The van der Waals surface area contributed by atoms with E-state index in [0.29, 0.717) is 17.5 Å². The van der Waals surface area contributed by atoms with Gasteiger partial charge >= 0.3 is 0 Å². The van der Waals surface area contributed by atoms with Crippen molar-refractivity contribution >= 4 is 9.84 Å². The van der Waals surface area contributed by atoms with Crippen LogP contribution in [0.4, 0.5) is 0 Å². The first kappa shape index (κ1) is 14.0. The van der Waals surface area contributed by atoms with Crippen molar-refractivity contribution in [3.63, 3.8) is 0 Å². The van der Waals surface area contributed by atoms with E-state index in [2.05, 4.69) is 34.5 Å². The van der Waals surface area contributed by atoms with Crippen LogP contribution < -0.4 is 5.32 Å². The maximum absolute atomic E-state index is 11.7. The third-order valence-corrected chi connectivity index (χ3v) is 6.11. The Kier molecular flexibility index (Phi) is 4.10. The molecule has 1 N–H and O–H groups in total. The van der Waals surface area contributed by atoms with Crippen molar-refractivity contribution in [2.45, 2.75) is 24.9 Å². The van der Waals surface area contributed by atoms with E-state index in [4.69, 9.17) is 0 Å². The summed E-state index contributed by atoms with van der Waals surface area (Å²) >= 11 is 0. The van der Waals surface area contributed by atoms with Crippen molar-refractivity contribution in [3.05, 3.63) is 35.9 Å². The first-order valence-corrected chi connectivity index (χ1v) is 9.19. The van der Waals surface area contributed by atoms with E-state index in [1.165, 1.54) is 5.56 Å². The van der Waals surface area contributed by atoms with Gasteiger partial charge in [-0.25, -0.2) is 8.42 Å². The van der Waals surface area contributed by atoms with Crippen molar-refractivity contribution in [1.29, 1.82) is 0 Å². The summed E-state index contributed by atoms with van der Waals surface area (Å²) in [5.74, 6) is 0.701. The molecule has 0 aromatic heterocycles. The lowest BCUT2D eigenvalue weighted by molar-refractivity contribution is 0.209. The summed E-state index contributed by atoms with van der Waals surface area (Å²) in [5.41, 5.74) is 1.29. The van der Waals surface area contributed by atoms with Crippen LogP contribution in [0.5, 0.6) is 0 Å². The topological polar surface area (TPSA) is 49.4 Å². The zero-order valence-electron chi connectivity index (χ0n) is 11.7. The van der Waals surface area contributed by atoms with E-state index >= 15 is 0 Å². The van der Waals surface area contributed by atoms with Gasteiger partial charge in [0.05, 0.1) is 11.5 Å². The molecule has 110 valence electrons. The average Bonchev–Trinajstić information content (AvgIpc) is 2.67. The molecule has 2 aliphatic heterocycles. The summed E-state index contributed by atoms with van der Waals surface area (Å²) in [4.78, 5) is 2.38. The maximum atomic E-state index is 11.7. The van der Waals surface area contributed by atoms with Crippen molar-refractivity contribution in [3.8, 4) is 0 Å². The van der Waals surface area contributed by atoms with Crippen LogP contribution in [0.25, 0.3) is 0 Å². The minimum Gasteiger partial charge on any atom is -0.309 e. The minimum atomic E-state index is -2.80. The van der Waals surface area contributed by atoms with E-state index in [1.807, 2.05) is 6.07 Å². The highest BCUT2D eigenvalue weighted by molar-refractivity contribution is 7.91. The fourth-order valence-electron chi connectivity index (χ4n) is 3.25. The molecule has 2 heterocycles. The summed E-state index contributed by atoms with van der Waals surface area (Å²) in [6.07, 6.45) is 1.88. The van der Waals surface area contributed by atoms with Crippen LogP contribution in [0.15, 0.2) is 30.3 Å². The fourth-order valence-corrected chi connectivity index (χ4v) is 5.01. The normalized spacial score (nSPS) is 31.0. The van der Waals surface area contributed by atoms with Gasteiger partial charge in [0, 0.05) is 18.6 Å². The lowest BCUT2D eigenvalue weighted by Crippen LogP contribution is -2.39. The molecule has 0 radical (unpaired) electrons. The quantitative estimate of drug-likeness (QED) is 0.891. The minimum absolute atomic E-state index is 0.214. The van der Waals surface area contributed by atoms with Gasteiger partial charge in [0.15, 0.2) is 9.84 Å². The van der Waals surface area contributed by atoms with Crippen LogP contribution in [0, 0.1) is 0 Å². The highest BCUT2D eigenvalue weighted by Gasteiger charge is 2.33. The molecule has 4 nitrogen and oxygen atoms in total. The van der Waals surface area contributed by atoms with Crippen LogP contribution in [0.1, 0.15) is 24.4 Å². The number of hydrogen-bond donors (Lipinski definition) is 1. The predicted molar refractivity (Wildman–Crippen MR) is 80.4 cm³/mol. The standard InChI is InChI=1S/C15H22N2O2S/c18-20(19)10-7-14(12-20)17-9-4-8-16-15(11-17)13-5-2-1-3-6-13/h1-3,5-6,14-16H,4,7-12H2. The summed E-state index contributed by atoms with van der Waals surface area (Å²) in [7, 11) is -2.80. The molecule has 20 heavy (non-hydrogen) atoms. The first-order valence-electron chi connectivity index (χ1n) is 7.37. The molecule has 2 atom stereocenters. The van der Waals surface area contributed by atoms with E-state index in [-0.39, 0.29) is 6.04 Å². The van der Waals surface area contributed by atoms with Crippen LogP contribution in [-0.4, -0.2) is 50.5 Å². The van der Waals surface area contributed by atoms with Gasteiger partial charge in [0.25, 0.3) is 0 Å². The Morgan fingerprint density at radius 2 is 2.00 bits per heavy atom. The third kappa shape index (κ3) is 3.22. The van der Waals surface area contributed by atoms with Gasteiger partial charge in [-0.1, -0.05) is 30.3 Å². The Balaban J connectivity index is 1.73. The number of nitrogens with one attached hydrogen (secondary N) is 1. The molecule has 0 amide bonds. The summed E-state index contributed by atoms with van der Waals surface area (Å²) in [6.45, 7) is 2.90. The summed E-state index contributed by atoms with van der Waals surface area (Å²) in [6, 6.07) is 11.0. The molecule has 0 spiro atoms. The molecule has 0 bridgehead atoms. The van der Waals surface area contributed by atoms with Crippen LogP contribution in [-0.2, 0) is 9.84 Å². The van der Waals surface area contributed by atoms with E-state index < -0.39 is 9.84 Å². The van der Waals surface area contributed by atoms with Crippen molar-refractivity contribution < 1.29 is 8.42 Å². The first-order chi connectivity index (χ1) is 9.64. The van der Waals surface area contributed by atoms with E-state index in [0.717, 1.165) is 32.5 Å². The van der Waals surface area contributed by atoms with Crippen molar-refractivity contribution in [2.75, 3.05) is 31.1 Å². The largest absolute Gasteiger partial charge is 0.309 e. The Hall–Kier alpha value is -0.910. The molecule has 2 aliphatic rings. The van der Waals surface area contributed by atoms with Crippen LogP contribution >= 0.6 is 0 Å². The van der Waals surface area contributed by atoms with Crippen molar-refractivity contribution in [2.24, 2.45) is 0 Å². The number of rotatable bonds is 2. The maximum Gasteiger partial charge on any atom is 0.151 e. The van der Waals surface area contributed by atoms with Gasteiger partial charge in [-0.15, -0.1) is 0 Å². The number of hydrogen-bond acceptors (Lipinski definition) is 4. The Morgan fingerprint density at radius 1 is 1.20 bits per heavy atom. The lowest BCUT2D eigenvalue weighted by Gasteiger charge is -2.29. The Morgan fingerprint density at radius 3 is 2.70 bits per heavy atom. The van der Waals surface area contributed by atoms with E-state index in [1.54, 1.807) is 0 Å². The molecular weight excluding hydrogens is 272 g/mol. The molecule has 1 aromatic carbocycles. The Bertz CT molecular complexity index is 544. The Labute approximate surface area is 121 Å². The van der Waals surface area contributed by atoms with Crippen LogP contribution in [0.3, 0.4) is 0 Å². The molecule has 2 unspecified atom stereocenters. The lowest BCUT2D eigenvalue weighted by atomic mass is 10.1. The molecular formula is C15H22N2O2S.